The molecule has 6 nitrogen and oxygen atoms in total. The van der Waals surface area contributed by atoms with E-state index in [1.165, 1.54) is 12.8 Å². The Morgan fingerprint density at radius 1 is 1.33 bits per heavy atom. The third-order valence-corrected chi connectivity index (χ3v) is 5.28. The van der Waals surface area contributed by atoms with Crippen molar-refractivity contribution in [2.45, 2.75) is 44.7 Å². The second kappa shape index (κ2) is 10.5. The number of hydrogen-bond acceptors (Lipinski definition) is 3. The molecular weight excluding hydrogens is 453 g/mol. The molecule has 27 heavy (non-hydrogen) atoms. The van der Waals surface area contributed by atoms with Gasteiger partial charge in [-0.2, -0.15) is 5.26 Å². The van der Waals surface area contributed by atoms with E-state index in [0.717, 1.165) is 43.9 Å². The summed E-state index contributed by atoms with van der Waals surface area (Å²) >= 11 is 0. The largest absolute Gasteiger partial charge is 0.352 e. The Labute approximate surface area is 178 Å². The Bertz CT molecular complexity index is 709. The summed E-state index contributed by atoms with van der Waals surface area (Å²) in [6.45, 7) is 2.18. The standard InChI is InChI=1S/C20H27N5O.HI/c1-22-20(23-13-16-6-4-5-15(11-16)12-21)24-18-9-10-25(14-18)19(26)17-7-2-3-8-17;/h4-6,11,17-18H,2-3,7-10,13-14H2,1H3,(H2,22,23,24);1H. The Balaban J connectivity index is 0.00000261. The molecule has 7 heteroatoms. The highest BCUT2D eigenvalue weighted by molar-refractivity contribution is 14.0. The number of nitrogens with one attached hydrogen (secondary N) is 2. The van der Waals surface area contributed by atoms with Crippen LogP contribution in [0.2, 0.25) is 0 Å². The summed E-state index contributed by atoms with van der Waals surface area (Å²) in [4.78, 5) is 18.8. The lowest BCUT2D eigenvalue weighted by atomic mass is 10.1. The van der Waals surface area contributed by atoms with Gasteiger partial charge in [0.1, 0.15) is 0 Å². The van der Waals surface area contributed by atoms with Gasteiger partial charge < -0.3 is 15.5 Å². The maximum atomic E-state index is 12.5. The van der Waals surface area contributed by atoms with Gasteiger partial charge in [0.05, 0.1) is 11.6 Å². The van der Waals surface area contributed by atoms with E-state index in [2.05, 4.69) is 21.7 Å². The van der Waals surface area contributed by atoms with Crippen molar-refractivity contribution in [2.75, 3.05) is 20.1 Å². The predicted octanol–water partition coefficient (Wildman–Crippen LogP) is 2.63. The van der Waals surface area contributed by atoms with E-state index in [9.17, 15) is 4.79 Å². The first-order chi connectivity index (χ1) is 12.7. The number of aliphatic imine (C=N–C) groups is 1. The highest BCUT2D eigenvalue weighted by atomic mass is 127. The van der Waals surface area contributed by atoms with E-state index in [-0.39, 0.29) is 35.9 Å². The lowest BCUT2D eigenvalue weighted by molar-refractivity contribution is -0.134. The van der Waals surface area contributed by atoms with Crippen LogP contribution in [0, 0.1) is 17.2 Å². The van der Waals surface area contributed by atoms with Gasteiger partial charge in [-0.1, -0.05) is 25.0 Å². The molecule has 1 unspecified atom stereocenters. The van der Waals surface area contributed by atoms with Crippen LogP contribution in [0.15, 0.2) is 29.3 Å². The molecule has 1 heterocycles. The molecule has 1 aromatic rings. The highest BCUT2D eigenvalue weighted by Crippen LogP contribution is 2.27. The molecule has 2 aliphatic rings. The molecule has 0 aromatic heterocycles. The Kier molecular flexibility index (Phi) is 8.35. The molecule has 1 atom stereocenters. The van der Waals surface area contributed by atoms with Crippen LogP contribution in [0.1, 0.15) is 43.2 Å². The van der Waals surface area contributed by atoms with Crippen molar-refractivity contribution in [1.29, 1.82) is 5.26 Å². The molecule has 3 rings (SSSR count). The number of likely N-dealkylation sites (tertiary alicyclic amines) is 1. The van der Waals surface area contributed by atoms with Crippen LogP contribution in [-0.2, 0) is 11.3 Å². The van der Waals surface area contributed by atoms with E-state index < -0.39 is 0 Å². The molecule has 0 bridgehead atoms. The van der Waals surface area contributed by atoms with Crippen LogP contribution in [0.3, 0.4) is 0 Å². The predicted molar refractivity (Wildman–Crippen MR) is 117 cm³/mol. The fourth-order valence-electron chi connectivity index (χ4n) is 3.83. The van der Waals surface area contributed by atoms with Crippen LogP contribution in [0.25, 0.3) is 0 Å². The Morgan fingerprint density at radius 2 is 2.11 bits per heavy atom. The van der Waals surface area contributed by atoms with Gasteiger partial charge in [0.25, 0.3) is 0 Å². The minimum Gasteiger partial charge on any atom is -0.352 e. The van der Waals surface area contributed by atoms with E-state index in [1.807, 2.05) is 23.1 Å². The lowest BCUT2D eigenvalue weighted by Crippen LogP contribution is -2.45. The molecule has 1 amide bonds. The van der Waals surface area contributed by atoms with Gasteiger partial charge in [0, 0.05) is 38.6 Å². The summed E-state index contributed by atoms with van der Waals surface area (Å²) in [5, 5.41) is 15.7. The number of rotatable bonds is 4. The van der Waals surface area contributed by atoms with Gasteiger partial charge >= 0.3 is 0 Å². The van der Waals surface area contributed by atoms with Gasteiger partial charge in [-0.15, -0.1) is 24.0 Å². The first-order valence-corrected chi connectivity index (χ1v) is 9.44. The SMILES string of the molecule is CN=C(NCc1cccc(C#N)c1)NC1CCN(C(=O)C2CCCC2)C1.I. The molecule has 2 N–H and O–H groups in total. The van der Waals surface area contributed by atoms with Crippen molar-refractivity contribution in [3.8, 4) is 6.07 Å². The summed E-state index contributed by atoms with van der Waals surface area (Å²) in [6.07, 6.45) is 5.44. The molecule has 2 fully saturated rings. The van der Waals surface area contributed by atoms with Crippen molar-refractivity contribution >= 4 is 35.8 Å². The van der Waals surface area contributed by atoms with Gasteiger partial charge in [-0.3, -0.25) is 9.79 Å². The minimum atomic E-state index is 0. The van der Waals surface area contributed by atoms with Crippen LogP contribution >= 0.6 is 24.0 Å². The number of halogens is 1. The van der Waals surface area contributed by atoms with E-state index >= 15 is 0 Å². The van der Waals surface area contributed by atoms with Crippen molar-refractivity contribution in [2.24, 2.45) is 10.9 Å². The monoisotopic (exact) mass is 481 g/mol. The van der Waals surface area contributed by atoms with Gasteiger partial charge in [-0.05, 0) is 37.0 Å². The van der Waals surface area contributed by atoms with Crippen molar-refractivity contribution in [1.82, 2.24) is 15.5 Å². The average Bonchev–Trinajstić information content (AvgIpc) is 3.36. The quantitative estimate of drug-likeness (QED) is 0.394. The summed E-state index contributed by atoms with van der Waals surface area (Å²) in [7, 11) is 1.75. The number of amides is 1. The number of hydrogen-bond donors (Lipinski definition) is 2. The molecule has 0 spiro atoms. The topological polar surface area (TPSA) is 80.5 Å². The number of benzene rings is 1. The van der Waals surface area contributed by atoms with Crippen LogP contribution < -0.4 is 10.6 Å². The second-order valence-corrected chi connectivity index (χ2v) is 7.13. The highest BCUT2D eigenvalue weighted by Gasteiger charge is 2.32. The lowest BCUT2D eigenvalue weighted by Gasteiger charge is -2.21. The van der Waals surface area contributed by atoms with Gasteiger partial charge in [0.2, 0.25) is 5.91 Å². The maximum absolute atomic E-state index is 12.5. The van der Waals surface area contributed by atoms with E-state index in [1.54, 1.807) is 13.1 Å². The normalized spacial score (nSPS) is 20.1. The molecular formula is C20H28IN5O. The van der Waals surface area contributed by atoms with Crippen molar-refractivity contribution in [3.05, 3.63) is 35.4 Å². The molecule has 1 aromatic carbocycles. The Hall–Kier alpha value is -1.82. The van der Waals surface area contributed by atoms with Crippen LogP contribution in [0.4, 0.5) is 0 Å². The van der Waals surface area contributed by atoms with Crippen LogP contribution in [-0.4, -0.2) is 42.9 Å². The molecule has 1 saturated carbocycles. The zero-order valence-corrected chi connectivity index (χ0v) is 18.1. The molecule has 1 aliphatic heterocycles. The van der Waals surface area contributed by atoms with E-state index in [4.69, 9.17) is 5.26 Å². The zero-order chi connectivity index (χ0) is 18.4. The number of guanidine groups is 1. The van der Waals surface area contributed by atoms with Crippen LogP contribution in [0.5, 0.6) is 0 Å². The number of nitriles is 1. The third kappa shape index (κ3) is 5.83. The summed E-state index contributed by atoms with van der Waals surface area (Å²) in [6, 6.07) is 9.93. The molecule has 1 saturated heterocycles. The molecule has 1 aliphatic carbocycles. The molecule has 0 radical (unpaired) electrons. The van der Waals surface area contributed by atoms with Crippen molar-refractivity contribution in [3.63, 3.8) is 0 Å². The summed E-state index contributed by atoms with van der Waals surface area (Å²) < 4.78 is 0. The fourth-order valence-corrected chi connectivity index (χ4v) is 3.83. The van der Waals surface area contributed by atoms with Gasteiger partial charge in [0.15, 0.2) is 5.96 Å². The Morgan fingerprint density at radius 3 is 2.81 bits per heavy atom. The van der Waals surface area contributed by atoms with Crippen molar-refractivity contribution < 1.29 is 4.79 Å². The fraction of sp³-hybridized carbons (Fsp3) is 0.550. The second-order valence-electron chi connectivity index (χ2n) is 7.13. The average molecular weight is 481 g/mol. The maximum Gasteiger partial charge on any atom is 0.225 e. The first kappa shape index (κ1) is 21.5. The third-order valence-electron chi connectivity index (χ3n) is 5.28. The first-order valence-electron chi connectivity index (χ1n) is 9.44. The smallest absolute Gasteiger partial charge is 0.225 e. The van der Waals surface area contributed by atoms with E-state index in [0.29, 0.717) is 18.0 Å². The van der Waals surface area contributed by atoms with Gasteiger partial charge in [-0.25, -0.2) is 0 Å². The number of nitrogens with zero attached hydrogens (tertiary/aromatic N) is 3. The number of carbonyl (C=O) groups excluding carboxylic acids is 1. The zero-order valence-electron chi connectivity index (χ0n) is 15.8. The summed E-state index contributed by atoms with van der Waals surface area (Å²) in [5.41, 5.74) is 1.69. The molecule has 146 valence electrons. The number of carbonyl (C=O) groups is 1. The minimum absolute atomic E-state index is 0. The summed E-state index contributed by atoms with van der Waals surface area (Å²) in [5.74, 6) is 1.31.